The van der Waals surface area contributed by atoms with E-state index in [1.165, 1.54) is 21.1 Å². The molecule has 0 spiro atoms. The molecule has 32 heavy (non-hydrogen) atoms. The summed E-state index contributed by atoms with van der Waals surface area (Å²) in [6.07, 6.45) is 2.42. The molecular formula is C24H23N5O3. The van der Waals surface area contributed by atoms with Crippen molar-refractivity contribution in [3.05, 3.63) is 76.3 Å². The average molecular weight is 429 g/mol. The molecule has 162 valence electrons. The number of rotatable bonds is 4. The molecule has 0 saturated carbocycles. The maximum absolute atomic E-state index is 13.1. The van der Waals surface area contributed by atoms with Crippen molar-refractivity contribution in [2.24, 2.45) is 0 Å². The highest BCUT2D eigenvalue weighted by atomic mass is 16.5. The Morgan fingerprint density at radius 2 is 1.94 bits per heavy atom. The lowest BCUT2D eigenvalue weighted by Crippen LogP contribution is -2.42. The van der Waals surface area contributed by atoms with Crippen LogP contribution >= 0.6 is 0 Å². The van der Waals surface area contributed by atoms with Gasteiger partial charge in [0.05, 0.1) is 17.9 Å². The van der Waals surface area contributed by atoms with E-state index in [2.05, 4.69) is 29.3 Å². The largest absolute Gasteiger partial charge is 0.490 e. The summed E-state index contributed by atoms with van der Waals surface area (Å²) in [5.41, 5.74) is 4.62. The zero-order valence-electron chi connectivity index (χ0n) is 18.0. The summed E-state index contributed by atoms with van der Waals surface area (Å²) in [6.45, 7) is 4.74. The van der Waals surface area contributed by atoms with Crippen LogP contribution in [0.3, 0.4) is 0 Å². The predicted octanol–water partition coefficient (Wildman–Crippen LogP) is 2.85. The molecule has 0 fully saturated rings. The van der Waals surface area contributed by atoms with E-state index in [1.54, 1.807) is 11.0 Å². The van der Waals surface area contributed by atoms with Crippen molar-refractivity contribution in [2.75, 3.05) is 18.1 Å². The number of hydrogen-bond donors (Lipinski definition) is 0. The number of anilines is 1. The summed E-state index contributed by atoms with van der Waals surface area (Å²) in [7, 11) is 0. The van der Waals surface area contributed by atoms with E-state index in [9.17, 15) is 9.59 Å². The van der Waals surface area contributed by atoms with Crippen LogP contribution in [-0.2, 0) is 17.8 Å². The van der Waals surface area contributed by atoms with Gasteiger partial charge in [0.1, 0.15) is 30.7 Å². The minimum atomic E-state index is -0.359. The molecular weight excluding hydrogens is 406 g/mol. The number of benzene rings is 2. The molecule has 8 nitrogen and oxygen atoms in total. The fourth-order valence-electron chi connectivity index (χ4n) is 3.90. The fraction of sp³-hybridized carbons (Fsp3) is 0.250. The van der Waals surface area contributed by atoms with Gasteiger partial charge in [-0.2, -0.15) is 10.2 Å². The topological polar surface area (TPSA) is 81.7 Å². The normalized spacial score (nSPS) is 13.1. The molecule has 1 aliphatic heterocycles. The molecule has 0 unspecified atom stereocenters. The molecule has 2 aromatic carbocycles. The Morgan fingerprint density at radius 1 is 1.12 bits per heavy atom. The standard InChI is InChI=1S/C24H23N5O3/c1-3-17-5-7-18(8-6-17)19-13-21-24(31)28(25-15-29(21)26-19)14-23(30)27-10-11-32-22-9-4-16(2)12-20(22)27/h4-9,12-13,15H,3,10-11,14H2,1-2H3. The van der Waals surface area contributed by atoms with Crippen molar-refractivity contribution in [1.29, 1.82) is 0 Å². The molecule has 0 atom stereocenters. The molecule has 0 N–H and O–H groups in total. The van der Waals surface area contributed by atoms with Crippen LogP contribution in [0.25, 0.3) is 16.8 Å². The van der Waals surface area contributed by atoms with Gasteiger partial charge < -0.3 is 9.64 Å². The monoisotopic (exact) mass is 429 g/mol. The zero-order valence-corrected chi connectivity index (χ0v) is 18.0. The van der Waals surface area contributed by atoms with E-state index in [0.29, 0.717) is 30.1 Å². The minimum absolute atomic E-state index is 0.158. The summed E-state index contributed by atoms with van der Waals surface area (Å²) in [5, 5.41) is 8.65. The maximum atomic E-state index is 13.1. The smallest absolute Gasteiger partial charge is 0.293 e. The molecule has 3 heterocycles. The zero-order chi connectivity index (χ0) is 22.2. The molecule has 8 heteroatoms. The highest BCUT2D eigenvalue weighted by Crippen LogP contribution is 2.32. The van der Waals surface area contributed by atoms with Crippen molar-refractivity contribution in [3.8, 4) is 17.0 Å². The highest BCUT2D eigenvalue weighted by Gasteiger charge is 2.25. The van der Waals surface area contributed by atoms with Crippen molar-refractivity contribution in [3.63, 3.8) is 0 Å². The molecule has 0 aliphatic carbocycles. The molecule has 1 aliphatic rings. The Bertz CT molecular complexity index is 1370. The van der Waals surface area contributed by atoms with Crippen LogP contribution in [0.2, 0.25) is 0 Å². The van der Waals surface area contributed by atoms with Crippen LogP contribution in [0.4, 0.5) is 5.69 Å². The maximum Gasteiger partial charge on any atom is 0.293 e. The summed E-state index contributed by atoms with van der Waals surface area (Å²) in [4.78, 5) is 27.8. The second-order valence-electron chi connectivity index (χ2n) is 7.87. The van der Waals surface area contributed by atoms with E-state index in [0.717, 1.165) is 23.2 Å². The summed E-state index contributed by atoms with van der Waals surface area (Å²) in [6, 6.07) is 15.5. The van der Waals surface area contributed by atoms with Gasteiger partial charge >= 0.3 is 0 Å². The number of hydrogen-bond acceptors (Lipinski definition) is 5. The molecule has 0 saturated heterocycles. The number of fused-ring (bicyclic) bond motifs is 2. The van der Waals surface area contributed by atoms with Gasteiger partial charge in [-0.1, -0.05) is 37.3 Å². The number of amides is 1. The van der Waals surface area contributed by atoms with Crippen molar-refractivity contribution in [2.45, 2.75) is 26.8 Å². The van der Waals surface area contributed by atoms with E-state index in [-0.39, 0.29) is 18.0 Å². The molecule has 4 aromatic rings. The van der Waals surface area contributed by atoms with Gasteiger partial charge in [0.15, 0.2) is 0 Å². The van der Waals surface area contributed by atoms with Gasteiger partial charge in [-0.3, -0.25) is 9.59 Å². The lowest BCUT2D eigenvalue weighted by molar-refractivity contribution is -0.119. The van der Waals surface area contributed by atoms with Gasteiger partial charge in [-0.05, 0) is 42.7 Å². The van der Waals surface area contributed by atoms with Gasteiger partial charge in [0, 0.05) is 5.56 Å². The quantitative estimate of drug-likeness (QED) is 0.498. The Balaban J connectivity index is 1.44. The number of aromatic nitrogens is 4. The van der Waals surface area contributed by atoms with Gasteiger partial charge in [-0.25, -0.2) is 9.20 Å². The molecule has 1 amide bonds. The lowest BCUT2D eigenvalue weighted by atomic mass is 10.1. The molecule has 0 radical (unpaired) electrons. The Morgan fingerprint density at radius 3 is 2.72 bits per heavy atom. The van der Waals surface area contributed by atoms with Crippen LogP contribution in [0.15, 0.2) is 59.7 Å². The minimum Gasteiger partial charge on any atom is -0.490 e. The number of aryl methyl sites for hydroxylation is 2. The first-order valence-electron chi connectivity index (χ1n) is 10.6. The second-order valence-corrected chi connectivity index (χ2v) is 7.87. The third kappa shape index (κ3) is 3.53. The molecule has 5 rings (SSSR count). The number of carbonyl (C=O) groups is 1. The first-order chi connectivity index (χ1) is 15.5. The lowest BCUT2D eigenvalue weighted by Gasteiger charge is -2.29. The Kier molecular flexibility index (Phi) is 4.97. The van der Waals surface area contributed by atoms with Crippen LogP contribution < -0.4 is 15.2 Å². The first-order valence-corrected chi connectivity index (χ1v) is 10.6. The fourth-order valence-corrected chi connectivity index (χ4v) is 3.90. The number of ether oxygens (including phenoxy) is 1. The number of carbonyl (C=O) groups excluding carboxylic acids is 1. The van der Waals surface area contributed by atoms with E-state index in [4.69, 9.17) is 4.74 Å². The van der Waals surface area contributed by atoms with Gasteiger partial charge in [-0.15, -0.1) is 0 Å². The average Bonchev–Trinajstić information content (AvgIpc) is 3.25. The van der Waals surface area contributed by atoms with E-state index < -0.39 is 0 Å². The third-order valence-electron chi connectivity index (χ3n) is 5.71. The Labute approximate surface area is 184 Å². The van der Waals surface area contributed by atoms with E-state index >= 15 is 0 Å². The predicted molar refractivity (Wildman–Crippen MR) is 121 cm³/mol. The van der Waals surface area contributed by atoms with Crippen molar-refractivity contribution in [1.82, 2.24) is 19.4 Å². The van der Waals surface area contributed by atoms with Crippen molar-refractivity contribution >= 4 is 17.1 Å². The van der Waals surface area contributed by atoms with Crippen LogP contribution in [0, 0.1) is 6.92 Å². The molecule has 2 aromatic heterocycles. The SMILES string of the molecule is CCc1ccc(-c2cc3c(=O)n(CC(=O)N4CCOc5ccc(C)cc54)ncn3n2)cc1. The Hall–Kier alpha value is -3.94. The van der Waals surface area contributed by atoms with Crippen LogP contribution in [0.1, 0.15) is 18.1 Å². The van der Waals surface area contributed by atoms with Crippen LogP contribution in [0.5, 0.6) is 5.75 Å². The summed E-state index contributed by atoms with van der Waals surface area (Å²) < 4.78 is 8.31. The summed E-state index contributed by atoms with van der Waals surface area (Å²) in [5.74, 6) is 0.453. The van der Waals surface area contributed by atoms with E-state index in [1.807, 2.05) is 37.3 Å². The second kappa shape index (κ2) is 7.96. The van der Waals surface area contributed by atoms with Crippen molar-refractivity contribution < 1.29 is 9.53 Å². The number of nitrogens with zero attached hydrogens (tertiary/aromatic N) is 5. The summed E-state index contributed by atoms with van der Waals surface area (Å²) >= 11 is 0. The highest BCUT2D eigenvalue weighted by molar-refractivity contribution is 5.95. The van der Waals surface area contributed by atoms with Gasteiger partial charge in [0.25, 0.3) is 5.56 Å². The first kappa shape index (κ1) is 20.0. The van der Waals surface area contributed by atoms with Crippen LogP contribution in [-0.4, -0.2) is 38.5 Å². The third-order valence-corrected chi connectivity index (χ3v) is 5.71. The molecule has 0 bridgehead atoms. The van der Waals surface area contributed by atoms with Gasteiger partial charge in [0.2, 0.25) is 5.91 Å².